The topological polar surface area (TPSA) is 20.2 Å². The van der Waals surface area contributed by atoms with Gasteiger partial charge in [-0.2, -0.15) is 0 Å². The molecular weight excluding hydrogens is 312 g/mol. The summed E-state index contributed by atoms with van der Waals surface area (Å²) in [7, 11) is 0. The maximum atomic E-state index is 10.4. The number of rotatable bonds is 2. The lowest BCUT2D eigenvalue weighted by Gasteiger charge is -2.16. The van der Waals surface area contributed by atoms with Crippen molar-refractivity contribution >= 4 is 27.5 Å². The Morgan fingerprint density at radius 2 is 1.89 bits per heavy atom. The molecule has 94 valence electrons. The second-order valence-corrected chi connectivity index (χ2v) is 5.63. The van der Waals surface area contributed by atoms with Gasteiger partial charge in [0.1, 0.15) is 6.10 Å². The standard InChI is InChI=1S/C15H14BrClO/c1-9-4-3-5-12(10(9)2)15(18)11-6-7-14(17)13(16)8-11/h3-8,15,18H,1-2H3. The van der Waals surface area contributed by atoms with E-state index >= 15 is 0 Å². The summed E-state index contributed by atoms with van der Waals surface area (Å²) in [6, 6.07) is 11.5. The van der Waals surface area contributed by atoms with Crippen LogP contribution in [-0.4, -0.2) is 5.11 Å². The lowest BCUT2D eigenvalue weighted by atomic mass is 9.95. The summed E-state index contributed by atoms with van der Waals surface area (Å²) in [5, 5.41) is 11.1. The van der Waals surface area contributed by atoms with Crippen LogP contribution < -0.4 is 0 Å². The van der Waals surface area contributed by atoms with Gasteiger partial charge < -0.3 is 5.11 Å². The summed E-state index contributed by atoms with van der Waals surface area (Å²) in [5.74, 6) is 0. The lowest BCUT2D eigenvalue weighted by Crippen LogP contribution is -2.03. The van der Waals surface area contributed by atoms with Gasteiger partial charge in [0.2, 0.25) is 0 Å². The first kappa shape index (κ1) is 13.6. The number of aliphatic hydroxyl groups is 1. The number of benzene rings is 2. The number of aliphatic hydroxyl groups excluding tert-OH is 1. The first-order valence-corrected chi connectivity index (χ1v) is 6.87. The molecule has 1 unspecified atom stereocenters. The van der Waals surface area contributed by atoms with Crippen LogP contribution in [0.2, 0.25) is 5.02 Å². The predicted molar refractivity (Wildman–Crippen MR) is 79.1 cm³/mol. The van der Waals surface area contributed by atoms with E-state index in [0.717, 1.165) is 21.2 Å². The van der Waals surface area contributed by atoms with Crippen LogP contribution in [0, 0.1) is 13.8 Å². The van der Waals surface area contributed by atoms with Crippen LogP contribution in [0.25, 0.3) is 0 Å². The van der Waals surface area contributed by atoms with Crippen LogP contribution in [0.4, 0.5) is 0 Å². The summed E-state index contributed by atoms with van der Waals surface area (Å²) < 4.78 is 0.797. The predicted octanol–water partition coefficient (Wildman–Crippen LogP) is 4.80. The van der Waals surface area contributed by atoms with Gasteiger partial charge in [-0.25, -0.2) is 0 Å². The van der Waals surface area contributed by atoms with E-state index in [2.05, 4.69) is 15.9 Å². The molecule has 0 saturated carbocycles. The van der Waals surface area contributed by atoms with Crippen molar-refractivity contribution in [3.05, 3.63) is 68.1 Å². The molecule has 0 aliphatic rings. The van der Waals surface area contributed by atoms with Crippen LogP contribution >= 0.6 is 27.5 Å². The normalized spacial score (nSPS) is 12.5. The zero-order valence-electron chi connectivity index (χ0n) is 10.2. The van der Waals surface area contributed by atoms with E-state index in [9.17, 15) is 5.11 Å². The lowest BCUT2D eigenvalue weighted by molar-refractivity contribution is 0.219. The molecule has 0 radical (unpaired) electrons. The van der Waals surface area contributed by atoms with Crippen LogP contribution in [0.15, 0.2) is 40.9 Å². The van der Waals surface area contributed by atoms with E-state index in [1.165, 1.54) is 5.56 Å². The van der Waals surface area contributed by atoms with Gasteiger partial charge in [0.05, 0.1) is 5.02 Å². The highest BCUT2D eigenvalue weighted by Crippen LogP contribution is 2.30. The van der Waals surface area contributed by atoms with Gasteiger partial charge in [0, 0.05) is 4.47 Å². The monoisotopic (exact) mass is 324 g/mol. The Kier molecular flexibility index (Phi) is 4.10. The van der Waals surface area contributed by atoms with Gasteiger partial charge >= 0.3 is 0 Å². The fraction of sp³-hybridized carbons (Fsp3) is 0.200. The minimum atomic E-state index is -0.626. The minimum absolute atomic E-state index is 0.626. The largest absolute Gasteiger partial charge is 0.384 e. The molecular formula is C15H14BrClO. The van der Waals surface area contributed by atoms with Gasteiger partial charge in [0.25, 0.3) is 0 Å². The van der Waals surface area contributed by atoms with Crippen molar-refractivity contribution in [3.8, 4) is 0 Å². The molecule has 0 spiro atoms. The molecule has 1 N–H and O–H groups in total. The molecule has 2 aromatic rings. The van der Waals surface area contributed by atoms with E-state index in [4.69, 9.17) is 11.6 Å². The second-order valence-electron chi connectivity index (χ2n) is 4.37. The van der Waals surface area contributed by atoms with Crippen LogP contribution in [-0.2, 0) is 0 Å². The van der Waals surface area contributed by atoms with Crippen LogP contribution in [0.5, 0.6) is 0 Å². The average Bonchev–Trinajstić information content (AvgIpc) is 2.35. The molecule has 0 aliphatic heterocycles. The van der Waals surface area contributed by atoms with Crippen LogP contribution in [0.3, 0.4) is 0 Å². The van der Waals surface area contributed by atoms with E-state index in [0.29, 0.717) is 5.02 Å². The number of hydrogen-bond acceptors (Lipinski definition) is 1. The van der Waals surface area contributed by atoms with Crippen molar-refractivity contribution in [1.82, 2.24) is 0 Å². The third kappa shape index (κ3) is 2.61. The van der Waals surface area contributed by atoms with Crippen molar-refractivity contribution in [2.24, 2.45) is 0 Å². The van der Waals surface area contributed by atoms with Gasteiger partial charge in [-0.1, -0.05) is 35.9 Å². The summed E-state index contributed by atoms with van der Waals surface area (Å²) in [4.78, 5) is 0. The fourth-order valence-electron chi connectivity index (χ4n) is 1.93. The Balaban J connectivity index is 2.44. The van der Waals surface area contributed by atoms with Crippen molar-refractivity contribution in [3.63, 3.8) is 0 Å². The maximum Gasteiger partial charge on any atom is 0.104 e. The van der Waals surface area contributed by atoms with Gasteiger partial charge in [-0.15, -0.1) is 0 Å². The molecule has 0 amide bonds. The first-order valence-electron chi connectivity index (χ1n) is 5.70. The average molecular weight is 326 g/mol. The Labute approximate surface area is 121 Å². The quantitative estimate of drug-likeness (QED) is 0.841. The van der Waals surface area contributed by atoms with E-state index in [1.54, 1.807) is 6.07 Å². The van der Waals surface area contributed by atoms with Crippen molar-refractivity contribution < 1.29 is 5.11 Å². The maximum absolute atomic E-state index is 10.4. The first-order chi connectivity index (χ1) is 8.50. The molecule has 0 bridgehead atoms. The van der Waals surface area contributed by atoms with Crippen molar-refractivity contribution in [1.29, 1.82) is 0 Å². The Bertz CT molecular complexity index is 581. The smallest absolute Gasteiger partial charge is 0.104 e. The number of aryl methyl sites for hydroxylation is 1. The van der Waals surface area contributed by atoms with E-state index in [1.807, 2.05) is 44.2 Å². The molecule has 2 aromatic carbocycles. The van der Waals surface area contributed by atoms with Crippen molar-refractivity contribution in [2.75, 3.05) is 0 Å². The molecule has 0 saturated heterocycles. The van der Waals surface area contributed by atoms with Crippen molar-refractivity contribution in [2.45, 2.75) is 20.0 Å². The Hall–Kier alpha value is -0.830. The number of hydrogen-bond donors (Lipinski definition) is 1. The molecule has 0 fully saturated rings. The Morgan fingerprint density at radius 1 is 1.17 bits per heavy atom. The highest BCUT2D eigenvalue weighted by atomic mass is 79.9. The molecule has 3 heteroatoms. The van der Waals surface area contributed by atoms with Gasteiger partial charge in [-0.05, 0) is 64.2 Å². The minimum Gasteiger partial charge on any atom is -0.384 e. The molecule has 18 heavy (non-hydrogen) atoms. The van der Waals surface area contributed by atoms with Crippen LogP contribution in [0.1, 0.15) is 28.4 Å². The molecule has 2 rings (SSSR count). The molecule has 0 heterocycles. The summed E-state index contributed by atoms with van der Waals surface area (Å²) >= 11 is 9.34. The highest BCUT2D eigenvalue weighted by Gasteiger charge is 2.14. The van der Waals surface area contributed by atoms with E-state index < -0.39 is 6.10 Å². The third-order valence-corrected chi connectivity index (χ3v) is 4.41. The molecule has 0 aromatic heterocycles. The highest BCUT2D eigenvalue weighted by molar-refractivity contribution is 9.10. The fourth-order valence-corrected chi connectivity index (χ4v) is 2.45. The molecule has 1 nitrogen and oxygen atoms in total. The summed E-state index contributed by atoms with van der Waals surface area (Å²) in [6.07, 6.45) is -0.626. The molecule has 0 aliphatic carbocycles. The third-order valence-electron chi connectivity index (χ3n) is 3.20. The van der Waals surface area contributed by atoms with Gasteiger partial charge in [-0.3, -0.25) is 0 Å². The number of halogens is 2. The second kappa shape index (κ2) is 5.43. The summed E-state index contributed by atoms with van der Waals surface area (Å²) in [5.41, 5.74) is 4.07. The SMILES string of the molecule is Cc1cccc(C(O)c2ccc(Cl)c(Br)c2)c1C. The summed E-state index contributed by atoms with van der Waals surface area (Å²) in [6.45, 7) is 4.07. The molecule has 1 atom stereocenters. The van der Waals surface area contributed by atoms with E-state index in [-0.39, 0.29) is 0 Å². The zero-order valence-corrected chi connectivity index (χ0v) is 12.6. The van der Waals surface area contributed by atoms with Gasteiger partial charge in [0.15, 0.2) is 0 Å². The zero-order chi connectivity index (χ0) is 13.3. The Morgan fingerprint density at radius 3 is 2.56 bits per heavy atom.